The summed E-state index contributed by atoms with van der Waals surface area (Å²) >= 11 is 0. The molecule has 2 nitrogen and oxygen atoms in total. The number of carboxylic acid groups (broad SMARTS) is 1. The summed E-state index contributed by atoms with van der Waals surface area (Å²) in [6.07, 6.45) is 7.99. The lowest BCUT2D eigenvalue weighted by atomic mass is 10.2. The van der Waals surface area contributed by atoms with Gasteiger partial charge in [0.1, 0.15) is 0 Å². The molecule has 12 heavy (non-hydrogen) atoms. The Morgan fingerprint density at radius 3 is 2.17 bits per heavy atom. The van der Waals surface area contributed by atoms with Crippen molar-refractivity contribution in [1.82, 2.24) is 0 Å². The van der Waals surface area contributed by atoms with Gasteiger partial charge in [-0.2, -0.15) is 0 Å². The number of carbonyl (C=O) groups is 1. The summed E-state index contributed by atoms with van der Waals surface area (Å²) in [4.78, 5) is 9.25. The van der Waals surface area contributed by atoms with Crippen molar-refractivity contribution in [2.24, 2.45) is 0 Å². The van der Waals surface area contributed by atoms with Crippen LogP contribution in [0.25, 0.3) is 0 Å². The van der Waals surface area contributed by atoms with E-state index in [4.69, 9.17) is 5.11 Å². The molecule has 0 aliphatic carbocycles. The Morgan fingerprint density at radius 2 is 1.92 bits per heavy atom. The van der Waals surface area contributed by atoms with Crippen molar-refractivity contribution in [3.05, 3.63) is 25.3 Å². The fourth-order valence-corrected chi connectivity index (χ4v) is 0.539. The monoisotopic (exact) mass is 170 g/mol. The SMILES string of the molecule is C=CC(=O)O.C=CCCCCC. The van der Waals surface area contributed by atoms with E-state index in [-0.39, 0.29) is 0 Å². The highest BCUT2D eigenvalue weighted by Crippen LogP contribution is 1.97. The number of allylic oxidation sites excluding steroid dienone is 1. The minimum atomic E-state index is -0.981. The molecule has 0 aliphatic heterocycles. The maximum absolute atomic E-state index is 9.25. The van der Waals surface area contributed by atoms with E-state index in [2.05, 4.69) is 20.1 Å². The Hall–Kier alpha value is -1.05. The Bertz CT molecular complexity index is 128. The minimum absolute atomic E-state index is 0.833. The van der Waals surface area contributed by atoms with Crippen molar-refractivity contribution >= 4 is 5.97 Å². The number of hydrogen-bond acceptors (Lipinski definition) is 1. The van der Waals surface area contributed by atoms with Crippen LogP contribution in [0.15, 0.2) is 25.3 Å². The van der Waals surface area contributed by atoms with Crippen LogP contribution in [0.2, 0.25) is 0 Å². The standard InChI is InChI=1S/C7H14.C3H4O2/c1-3-5-7-6-4-2;1-2-3(4)5/h3H,1,4-7H2,2H3;2H,1H2,(H,4,5). The van der Waals surface area contributed by atoms with Crippen LogP contribution in [0.1, 0.15) is 32.6 Å². The lowest BCUT2D eigenvalue weighted by molar-refractivity contribution is -0.131. The van der Waals surface area contributed by atoms with Crippen LogP contribution in [-0.4, -0.2) is 11.1 Å². The molecule has 0 heterocycles. The molecule has 0 aromatic rings. The summed E-state index contributed by atoms with van der Waals surface area (Å²) in [5.41, 5.74) is 0. The van der Waals surface area contributed by atoms with Crippen LogP contribution >= 0.6 is 0 Å². The van der Waals surface area contributed by atoms with Gasteiger partial charge in [0, 0.05) is 6.08 Å². The van der Waals surface area contributed by atoms with Gasteiger partial charge in [0.25, 0.3) is 0 Å². The fraction of sp³-hybridized carbons (Fsp3) is 0.500. The van der Waals surface area contributed by atoms with E-state index in [1.165, 1.54) is 25.7 Å². The van der Waals surface area contributed by atoms with Crippen LogP contribution in [0, 0.1) is 0 Å². The van der Waals surface area contributed by atoms with E-state index >= 15 is 0 Å². The first-order chi connectivity index (χ1) is 5.68. The molecule has 0 rings (SSSR count). The van der Waals surface area contributed by atoms with Gasteiger partial charge in [-0.05, 0) is 12.8 Å². The summed E-state index contributed by atoms with van der Waals surface area (Å²) in [6.45, 7) is 8.80. The number of rotatable bonds is 5. The Labute approximate surface area is 74.6 Å². The molecule has 2 heteroatoms. The lowest BCUT2D eigenvalue weighted by Crippen LogP contribution is -1.82. The maximum atomic E-state index is 9.25. The summed E-state index contributed by atoms with van der Waals surface area (Å²) in [5.74, 6) is -0.981. The molecule has 0 aromatic carbocycles. The third-order valence-electron chi connectivity index (χ3n) is 1.19. The first kappa shape index (κ1) is 13.5. The molecule has 0 unspecified atom stereocenters. The predicted molar refractivity (Wildman–Crippen MR) is 52.2 cm³/mol. The van der Waals surface area contributed by atoms with Crippen LogP contribution in [0.5, 0.6) is 0 Å². The normalized spacial score (nSPS) is 7.75. The summed E-state index contributed by atoms with van der Waals surface area (Å²) in [7, 11) is 0. The fourth-order valence-electron chi connectivity index (χ4n) is 0.539. The van der Waals surface area contributed by atoms with Gasteiger partial charge in [-0.15, -0.1) is 6.58 Å². The van der Waals surface area contributed by atoms with Crippen LogP contribution in [0.3, 0.4) is 0 Å². The number of hydrogen-bond donors (Lipinski definition) is 1. The average Bonchev–Trinajstić information content (AvgIpc) is 2.07. The first-order valence-corrected chi connectivity index (χ1v) is 4.15. The number of unbranched alkanes of at least 4 members (excludes halogenated alkanes) is 3. The molecule has 0 amide bonds. The van der Waals surface area contributed by atoms with Crippen molar-refractivity contribution in [2.75, 3.05) is 0 Å². The lowest BCUT2D eigenvalue weighted by Gasteiger charge is -1.87. The second-order valence-corrected chi connectivity index (χ2v) is 2.33. The highest BCUT2D eigenvalue weighted by Gasteiger charge is 1.77. The second-order valence-electron chi connectivity index (χ2n) is 2.33. The van der Waals surface area contributed by atoms with E-state index in [1.54, 1.807) is 0 Å². The third-order valence-corrected chi connectivity index (χ3v) is 1.19. The molecule has 70 valence electrons. The van der Waals surface area contributed by atoms with Crippen molar-refractivity contribution < 1.29 is 9.90 Å². The van der Waals surface area contributed by atoms with E-state index in [9.17, 15) is 4.79 Å². The van der Waals surface area contributed by atoms with Gasteiger partial charge in [0.05, 0.1) is 0 Å². The van der Waals surface area contributed by atoms with Crippen molar-refractivity contribution in [3.63, 3.8) is 0 Å². The maximum Gasteiger partial charge on any atom is 0.327 e. The molecule has 0 aliphatic rings. The molecule has 0 spiro atoms. The van der Waals surface area contributed by atoms with Crippen LogP contribution in [0.4, 0.5) is 0 Å². The molecular weight excluding hydrogens is 152 g/mol. The molecular formula is C10H18O2. The zero-order valence-corrected chi connectivity index (χ0v) is 7.75. The molecule has 1 N–H and O–H groups in total. The van der Waals surface area contributed by atoms with E-state index < -0.39 is 5.97 Å². The van der Waals surface area contributed by atoms with Crippen molar-refractivity contribution in [2.45, 2.75) is 32.6 Å². The largest absolute Gasteiger partial charge is 0.478 e. The van der Waals surface area contributed by atoms with Crippen LogP contribution in [-0.2, 0) is 4.79 Å². The van der Waals surface area contributed by atoms with Gasteiger partial charge in [0.15, 0.2) is 0 Å². The third kappa shape index (κ3) is 23.1. The number of aliphatic carboxylic acids is 1. The minimum Gasteiger partial charge on any atom is -0.478 e. The Kier molecular flexibility index (Phi) is 14.2. The smallest absolute Gasteiger partial charge is 0.327 e. The average molecular weight is 170 g/mol. The van der Waals surface area contributed by atoms with Gasteiger partial charge in [0.2, 0.25) is 0 Å². The van der Waals surface area contributed by atoms with Gasteiger partial charge < -0.3 is 5.11 Å². The van der Waals surface area contributed by atoms with E-state index in [1.807, 2.05) is 6.08 Å². The molecule has 0 bridgehead atoms. The Morgan fingerprint density at radius 1 is 1.42 bits per heavy atom. The van der Waals surface area contributed by atoms with Crippen LogP contribution < -0.4 is 0 Å². The molecule has 0 radical (unpaired) electrons. The van der Waals surface area contributed by atoms with E-state index in [0.717, 1.165) is 6.08 Å². The summed E-state index contributed by atoms with van der Waals surface area (Å²) < 4.78 is 0. The highest BCUT2D eigenvalue weighted by molar-refractivity contribution is 5.78. The summed E-state index contributed by atoms with van der Waals surface area (Å²) in [6, 6.07) is 0. The highest BCUT2D eigenvalue weighted by atomic mass is 16.4. The van der Waals surface area contributed by atoms with Crippen molar-refractivity contribution in [1.29, 1.82) is 0 Å². The van der Waals surface area contributed by atoms with Gasteiger partial charge in [-0.1, -0.05) is 32.4 Å². The predicted octanol–water partition coefficient (Wildman–Crippen LogP) is 3.01. The molecule has 0 aromatic heterocycles. The molecule has 0 saturated carbocycles. The topological polar surface area (TPSA) is 37.3 Å². The zero-order valence-electron chi connectivity index (χ0n) is 7.75. The van der Waals surface area contributed by atoms with Gasteiger partial charge >= 0.3 is 5.97 Å². The number of carboxylic acids is 1. The van der Waals surface area contributed by atoms with Gasteiger partial charge in [-0.25, -0.2) is 4.79 Å². The second kappa shape index (κ2) is 12.6. The van der Waals surface area contributed by atoms with Gasteiger partial charge in [-0.3, -0.25) is 0 Å². The molecule has 0 fully saturated rings. The first-order valence-electron chi connectivity index (χ1n) is 4.15. The Balaban J connectivity index is 0. The quantitative estimate of drug-likeness (QED) is 0.391. The van der Waals surface area contributed by atoms with Crippen molar-refractivity contribution in [3.8, 4) is 0 Å². The summed E-state index contributed by atoms with van der Waals surface area (Å²) in [5, 5.41) is 7.60. The molecule has 0 saturated heterocycles. The van der Waals surface area contributed by atoms with E-state index in [0.29, 0.717) is 0 Å². The zero-order chi connectivity index (χ0) is 9.82. The molecule has 0 atom stereocenters.